The van der Waals surface area contributed by atoms with Crippen molar-refractivity contribution in [3.63, 3.8) is 0 Å². The summed E-state index contributed by atoms with van der Waals surface area (Å²) < 4.78 is 35.9. The molecule has 1 fully saturated rings. The summed E-state index contributed by atoms with van der Waals surface area (Å²) in [6.45, 7) is 4.15. The Balaban J connectivity index is 1.34. The van der Waals surface area contributed by atoms with Crippen LogP contribution >= 0.6 is 0 Å². The number of aromatic nitrogens is 3. The predicted octanol–water partition coefficient (Wildman–Crippen LogP) is 6.31. The van der Waals surface area contributed by atoms with E-state index in [2.05, 4.69) is 4.98 Å². The molecule has 0 amide bonds. The van der Waals surface area contributed by atoms with Gasteiger partial charge >= 0.3 is 5.97 Å². The third-order valence-electron chi connectivity index (χ3n) is 7.51. The number of rotatable bonds is 7. The van der Waals surface area contributed by atoms with E-state index in [9.17, 15) is 18.7 Å². The fourth-order valence-electron chi connectivity index (χ4n) is 5.37. The molecule has 0 spiro atoms. The van der Waals surface area contributed by atoms with E-state index in [0.29, 0.717) is 28.2 Å². The van der Waals surface area contributed by atoms with Crippen molar-refractivity contribution in [3.05, 3.63) is 102 Å². The Morgan fingerprint density at radius 1 is 1.00 bits per heavy atom. The molecular weight excluding hydrogens is 488 g/mol. The zero-order valence-electron chi connectivity index (χ0n) is 20.9. The Labute approximate surface area is 217 Å². The molecule has 2 aromatic heterocycles. The van der Waals surface area contributed by atoms with Crippen molar-refractivity contribution in [2.75, 3.05) is 0 Å². The fourth-order valence-corrected chi connectivity index (χ4v) is 5.37. The molecule has 0 unspecified atom stereocenters. The van der Waals surface area contributed by atoms with Crippen LogP contribution in [0.25, 0.3) is 21.9 Å². The molecule has 3 aromatic carbocycles. The van der Waals surface area contributed by atoms with Gasteiger partial charge in [0.2, 0.25) is 0 Å². The highest BCUT2D eigenvalue weighted by molar-refractivity contribution is 5.81. The lowest BCUT2D eigenvalue weighted by Crippen LogP contribution is -2.08. The minimum Gasteiger partial charge on any atom is -0.487 e. The number of nitrogens with zero attached hydrogens (tertiary/aromatic N) is 3. The van der Waals surface area contributed by atoms with Crippen LogP contribution in [0.4, 0.5) is 8.78 Å². The molecule has 0 bridgehead atoms. The molecule has 2 heterocycles. The largest absolute Gasteiger partial charge is 0.487 e. The first-order valence-electron chi connectivity index (χ1n) is 12.4. The topological polar surface area (TPSA) is 77.2 Å². The van der Waals surface area contributed by atoms with Gasteiger partial charge in [0.15, 0.2) is 0 Å². The molecular formula is C30H25F2N3O3. The first-order chi connectivity index (χ1) is 18.2. The first-order valence-corrected chi connectivity index (χ1v) is 12.4. The minimum atomic E-state index is -0.890. The Kier molecular flexibility index (Phi) is 5.63. The number of para-hydroxylation sites is 1. The number of hydrogen-bond acceptors (Lipinski definition) is 4. The molecule has 1 aliphatic carbocycles. The minimum absolute atomic E-state index is 0.0953. The highest BCUT2D eigenvalue weighted by Crippen LogP contribution is 2.64. The summed E-state index contributed by atoms with van der Waals surface area (Å²) in [6.07, 6.45) is 0. The summed E-state index contributed by atoms with van der Waals surface area (Å²) in [5.41, 5.74) is 2.78. The second-order valence-electron chi connectivity index (χ2n) is 10.3. The van der Waals surface area contributed by atoms with Crippen molar-refractivity contribution in [3.8, 4) is 5.75 Å². The quantitative estimate of drug-likeness (QED) is 0.276. The van der Waals surface area contributed by atoms with Crippen LogP contribution in [0.2, 0.25) is 0 Å². The molecule has 1 aliphatic rings. The average molecular weight is 514 g/mol. The van der Waals surface area contributed by atoms with Crippen LogP contribution < -0.4 is 4.74 Å². The maximum absolute atomic E-state index is 14.6. The van der Waals surface area contributed by atoms with E-state index < -0.39 is 28.9 Å². The molecule has 1 saturated carbocycles. The number of pyridine rings is 1. The molecule has 6 rings (SSSR count). The number of carboxylic acids is 1. The number of imidazole rings is 1. The van der Waals surface area contributed by atoms with Crippen molar-refractivity contribution in [1.82, 2.24) is 14.5 Å². The monoisotopic (exact) mass is 513 g/mol. The lowest BCUT2D eigenvalue weighted by molar-refractivity contribution is -0.139. The van der Waals surface area contributed by atoms with Crippen LogP contribution in [0.3, 0.4) is 0 Å². The molecule has 38 heavy (non-hydrogen) atoms. The summed E-state index contributed by atoms with van der Waals surface area (Å²) in [5.74, 6) is -2.01. The van der Waals surface area contributed by atoms with Crippen LogP contribution in [0.5, 0.6) is 5.75 Å². The molecule has 8 heteroatoms. The van der Waals surface area contributed by atoms with Gasteiger partial charge in [-0.1, -0.05) is 44.2 Å². The van der Waals surface area contributed by atoms with Gasteiger partial charge in [0.25, 0.3) is 0 Å². The van der Waals surface area contributed by atoms with Crippen LogP contribution in [-0.4, -0.2) is 25.6 Å². The van der Waals surface area contributed by atoms with Gasteiger partial charge in [-0.2, -0.15) is 0 Å². The van der Waals surface area contributed by atoms with Gasteiger partial charge in [0.1, 0.15) is 29.8 Å². The third-order valence-corrected chi connectivity index (χ3v) is 7.51. The van der Waals surface area contributed by atoms with Crippen LogP contribution in [0.1, 0.15) is 36.8 Å². The molecule has 0 radical (unpaired) electrons. The number of carbonyl (C=O) groups is 1. The van der Waals surface area contributed by atoms with Gasteiger partial charge in [-0.05, 0) is 35.7 Å². The SMILES string of the molecule is CC1(C)[C@H](C(=O)O)[C@@H]1c1nc2cc(OCc3ccc4ccccc4n3)ccc2n1Cc1ccc(F)cc1F. The lowest BCUT2D eigenvalue weighted by Gasteiger charge is -2.12. The number of ether oxygens (including phenoxy) is 1. The molecule has 0 saturated heterocycles. The first kappa shape index (κ1) is 24.0. The number of halogens is 2. The van der Waals surface area contributed by atoms with Crippen molar-refractivity contribution in [2.45, 2.75) is 32.9 Å². The van der Waals surface area contributed by atoms with Crippen LogP contribution in [0.15, 0.2) is 72.8 Å². The molecule has 6 nitrogen and oxygen atoms in total. The molecule has 5 aromatic rings. The third kappa shape index (κ3) is 4.16. The molecule has 2 atom stereocenters. The molecule has 192 valence electrons. The van der Waals surface area contributed by atoms with Crippen molar-refractivity contribution in [1.29, 1.82) is 0 Å². The zero-order valence-corrected chi connectivity index (χ0v) is 20.9. The van der Waals surface area contributed by atoms with E-state index in [1.54, 1.807) is 12.1 Å². The number of aliphatic carboxylic acids is 1. The van der Waals surface area contributed by atoms with Gasteiger partial charge < -0.3 is 14.4 Å². The van der Waals surface area contributed by atoms with Crippen molar-refractivity contribution < 1.29 is 23.4 Å². The summed E-state index contributed by atoms with van der Waals surface area (Å²) in [6, 6.07) is 20.7. The van der Waals surface area contributed by atoms with Gasteiger partial charge in [-0.25, -0.2) is 18.7 Å². The molecule has 1 N–H and O–H groups in total. The summed E-state index contributed by atoms with van der Waals surface area (Å²) >= 11 is 0. The van der Waals surface area contributed by atoms with E-state index in [1.165, 1.54) is 12.1 Å². The van der Waals surface area contributed by atoms with E-state index >= 15 is 0 Å². The van der Waals surface area contributed by atoms with Gasteiger partial charge in [0.05, 0.1) is 34.7 Å². The second-order valence-corrected chi connectivity index (χ2v) is 10.3. The van der Waals surface area contributed by atoms with E-state index in [4.69, 9.17) is 9.72 Å². The van der Waals surface area contributed by atoms with Crippen LogP contribution in [-0.2, 0) is 17.9 Å². The Morgan fingerprint density at radius 2 is 1.82 bits per heavy atom. The summed E-state index contributed by atoms with van der Waals surface area (Å²) in [7, 11) is 0. The summed E-state index contributed by atoms with van der Waals surface area (Å²) in [5, 5.41) is 10.8. The summed E-state index contributed by atoms with van der Waals surface area (Å²) in [4.78, 5) is 21.4. The highest BCUT2D eigenvalue weighted by atomic mass is 19.1. The number of hydrogen-bond donors (Lipinski definition) is 1. The molecule has 0 aliphatic heterocycles. The standard InChI is InChI=1S/C30H25F2N3O3/c1-30(2)26(27(30)29(36)37)28-34-24-14-21(38-16-20-10-8-17-5-3-4-6-23(17)33-20)11-12-25(24)35(28)15-18-7-9-19(31)13-22(18)32/h3-14,26-27H,15-16H2,1-2H3,(H,36,37)/t26-,27+/m1/s1. The number of fused-ring (bicyclic) bond motifs is 2. The van der Waals surface area contributed by atoms with Gasteiger partial charge in [-0.3, -0.25) is 4.79 Å². The Hall–Kier alpha value is -4.33. The van der Waals surface area contributed by atoms with E-state index in [1.807, 2.05) is 60.9 Å². The highest BCUT2D eigenvalue weighted by Gasteiger charge is 2.64. The van der Waals surface area contributed by atoms with E-state index in [0.717, 1.165) is 22.7 Å². The van der Waals surface area contributed by atoms with Gasteiger partial charge in [0, 0.05) is 29.0 Å². The average Bonchev–Trinajstić information content (AvgIpc) is 3.31. The predicted molar refractivity (Wildman–Crippen MR) is 139 cm³/mol. The Bertz CT molecular complexity index is 1710. The normalized spacial score (nSPS) is 18.1. The smallest absolute Gasteiger partial charge is 0.307 e. The maximum Gasteiger partial charge on any atom is 0.307 e. The number of benzene rings is 3. The maximum atomic E-state index is 14.6. The zero-order chi connectivity index (χ0) is 26.6. The van der Waals surface area contributed by atoms with Crippen molar-refractivity contribution >= 4 is 27.9 Å². The Morgan fingerprint density at radius 3 is 2.58 bits per heavy atom. The number of carboxylic acid groups (broad SMARTS) is 1. The van der Waals surface area contributed by atoms with Crippen LogP contribution in [0, 0.1) is 23.0 Å². The van der Waals surface area contributed by atoms with E-state index in [-0.39, 0.29) is 19.1 Å². The second kappa shape index (κ2) is 8.90. The fraction of sp³-hybridized carbons (Fsp3) is 0.233. The van der Waals surface area contributed by atoms with Gasteiger partial charge in [-0.15, -0.1) is 0 Å². The van der Waals surface area contributed by atoms with Crippen molar-refractivity contribution in [2.24, 2.45) is 11.3 Å². The lowest BCUT2D eigenvalue weighted by atomic mass is 10.1.